The fourth-order valence-electron chi connectivity index (χ4n) is 5.37. The van der Waals surface area contributed by atoms with Crippen molar-refractivity contribution in [3.8, 4) is 0 Å². The molecule has 0 spiro atoms. The van der Waals surface area contributed by atoms with Crippen molar-refractivity contribution in [1.29, 1.82) is 0 Å². The summed E-state index contributed by atoms with van der Waals surface area (Å²) in [7, 11) is 0. The standard InChI is InChI=1S/C28H26N2O/c1-3-24-22-16-19(2)18-28(24,25-13-14-27(31)30-26(25)17-22)29-15-7-11-21-10-6-9-20-8-4-5-12-23(20)21/h3-16,22H,17-18H2,1-2H3,(H,30,31)/b11-7?,24-3+,29-15?/t22-,28+/m0/s1. The van der Waals surface area contributed by atoms with Crippen LogP contribution in [0.3, 0.4) is 0 Å². The molecular weight excluding hydrogens is 380 g/mol. The number of nitrogens with zero attached hydrogens (tertiary/aromatic N) is 1. The minimum absolute atomic E-state index is 0.0450. The Morgan fingerprint density at radius 2 is 1.94 bits per heavy atom. The summed E-state index contributed by atoms with van der Waals surface area (Å²) in [6, 6.07) is 18.4. The lowest BCUT2D eigenvalue weighted by Crippen LogP contribution is -2.40. The van der Waals surface area contributed by atoms with E-state index in [9.17, 15) is 4.79 Å². The maximum absolute atomic E-state index is 12.0. The van der Waals surface area contributed by atoms with E-state index in [1.54, 1.807) is 6.07 Å². The highest BCUT2D eigenvalue weighted by atomic mass is 16.1. The average molecular weight is 407 g/mol. The minimum atomic E-state index is -0.445. The van der Waals surface area contributed by atoms with Gasteiger partial charge < -0.3 is 4.98 Å². The Labute approximate surface area is 182 Å². The lowest BCUT2D eigenvalue weighted by atomic mass is 9.63. The number of hydrogen-bond acceptors (Lipinski definition) is 2. The van der Waals surface area contributed by atoms with Gasteiger partial charge in [-0.15, -0.1) is 0 Å². The van der Waals surface area contributed by atoms with Gasteiger partial charge in [-0.1, -0.05) is 66.3 Å². The van der Waals surface area contributed by atoms with E-state index in [2.05, 4.69) is 79.5 Å². The van der Waals surface area contributed by atoms with E-state index in [1.165, 1.54) is 27.5 Å². The monoisotopic (exact) mass is 406 g/mol. The Morgan fingerprint density at radius 3 is 2.81 bits per heavy atom. The van der Waals surface area contributed by atoms with Crippen molar-refractivity contribution in [3.05, 3.63) is 111 Å². The molecule has 2 aliphatic rings. The maximum atomic E-state index is 12.0. The number of rotatable bonds is 3. The van der Waals surface area contributed by atoms with Crippen LogP contribution < -0.4 is 5.56 Å². The van der Waals surface area contributed by atoms with Gasteiger partial charge in [-0.05, 0) is 54.3 Å². The molecule has 3 heteroatoms. The topological polar surface area (TPSA) is 45.2 Å². The number of allylic oxidation sites excluding steroid dienone is 3. The molecule has 0 saturated carbocycles. The summed E-state index contributed by atoms with van der Waals surface area (Å²) in [5.41, 5.74) is 5.51. The first-order chi connectivity index (χ1) is 15.1. The summed E-state index contributed by atoms with van der Waals surface area (Å²) in [6.45, 7) is 4.29. The molecule has 3 nitrogen and oxygen atoms in total. The summed E-state index contributed by atoms with van der Waals surface area (Å²) in [4.78, 5) is 20.2. The highest BCUT2D eigenvalue weighted by molar-refractivity contribution is 5.92. The van der Waals surface area contributed by atoms with Crippen molar-refractivity contribution in [2.24, 2.45) is 10.9 Å². The van der Waals surface area contributed by atoms with Crippen LogP contribution >= 0.6 is 0 Å². The molecule has 1 N–H and O–H groups in total. The fraction of sp³-hybridized carbons (Fsp3) is 0.214. The molecule has 2 bridgehead atoms. The van der Waals surface area contributed by atoms with Crippen molar-refractivity contribution in [2.45, 2.75) is 32.2 Å². The van der Waals surface area contributed by atoms with E-state index in [-0.39, 0.29) is 11.5 Å². The van der Waals surface area contributed by atoms with Gasteiger partial charge in [0.1, 0.15) is 5.54 Å². The zero-order valence-electron chi connectivity index (χ0n) is 17.9. The van der Waals surface area contributed by atoms with Crippen molar-refractivity contribution in [1.82, 2.24) is 4.98 Å². The van der Waals surface area contributed by atoms with Gasteiger partial charge >= 0.3 is 0 Å². The van der Waals surface area contributed by atoms with E-state index in [1.807, 2.05) is 18.4 Å². The van der Waals surface area contributed by atoms with E-state index in [0.717, 1.165) is 24.1 Å². The molecule has 5 rings (SSSR count). The van der Waals surface area contributed by atoms with Crippen LogP contribution in [0, 0.1) is 5.92 Å². The SMILES string of the molecule is C/C=C1\[C@H]2C=C(C)C[C@]1(N=CC=Cc1cccc3ccccc13)c1ccc(=O)[nH]c1C2. The molecule has 0 fully saturated rings. The van der Waals surface area contributed by atoms with Crippen LogP contribution in [0.2, 0.25) is 0 Å². The second kappa shape index (κ2) is 7.66. The van der Waals surface area contributed by atoms with Crippen LogP contribution in [0.1, 0.15) is 37.1 Å². The number of H-pyrrole nitrogens is 1. The molecule has 0 radical (unpaired) electrons. The molecule has 0 aliphatic heterocycles. The Morgan fingerprint density at radius 1 is 1.10 bits per heavy atom. The van der Waals surface area contributed by atoms with Crippen LogP contribution in [-0.4, -0.2) is 11.2 Å². The van der Waals surface area contributed by atoms with Crippen LogP contribution in [0.15, 0.2) is 93.8 Å². The number of pyridine rings is 1. The van der Waals surface area contributed by atoms with E-state index in [4.69, 9.17) is 4.99 Å². The second-order valence-electron chi connectivity index (χ2n) is 8.53. The highest BCUT2D eigenvalue weighted by Crippen LogP contribution is 2.51. The van der Waals surface area contributed by atoms with Crippen LogP contribution in [0.5, 0.6) is 0 Å². The van der Waals surface area contributed by atoms with Crippen molar-refractivity contribution in [3.63, 3.8) is 0 Å². The predicted octanol–water partition coefficient (Wildman–Crippen LogP) is 5.98. The third-order valence-electron chi connectivity index (χ3n) is 6.56. The van der Waals surface area contributed by atoms with Gasteiger partial charge in [-0.3, -0.25) is 9.79 Å². The summed E-state index contributed by atoms with van der Waals surface area (Å²) in [5, 5.41) is 2.47. The predicted molar refractivity (Wildman–Crippen MR) is 130 cm³/mol. The number of aliphatic imine (C=N–C) groups is 1. The first-order valence-corrected chi connectivity index (χ1v) is 10.9. The summed E-state index contributed by atoms with van der Waals surface area (Å²) in [5.74, 6) is 0.281. The quantitative estimate of drug-likeness (QED) is 0.422. The molecule has 31 heavy (non-hydrogen) atoms. The van der Waals surface area contributed by atoms with Crippen molar-refractivity contribution >= 4 is 23.1 Å². The Bertz CT molecular complexity index is 1330. The first-order valence-electron chi connectivity index (χ1n) is 10.9. The normalized spacial score (nSPS) is 24.1. The van der Waals surface area contributed by atoms with Gasteiger partial charge in [0.05, 0.1) is 0 Å². The third-order valence-corrected chi connectivity index (χ3v) is 6.56. The summed E-state index contributed by atoms with van der Waals surface area (Å²) < 4.78 is 0. The molecule has 2 aliphatic carbocycles. The van der Waals surface area contributed by atoms with Crippen molar-refractivity contribution < 1.29 is 0 Å². The number of benzene rings is 2. The Balaban J connectivity index is 1.57. The van der Waals surface area contributed by atoms with E-state index < -0.39 is 5.54 Å². The van der Waals surface area contributed by atoms with Crippen LogP contribution in [-0.2, 0) is 12.0 Å². The number of aromatic amines is 1. The van der Waals surface area contributed by atoms with E-state index in [0.29, 0.717) is 0 Å². The lowest BCUT2D eigenvalue weighted by Gasteiger charge is -2.45. The van der Waals surface area contributed by atoms with Crippen LogP contribution in [0.25, 0.3) is 16.8 Å². The number of fused-ring (bicyclic) bond motifs is 5. The fourth-order valence-corrected chi connectivity index (χ4v) is 5.37. The molecule has 0 saturated heterocycles. The molecule has 154 valence electrons. The van der Waals surface area contributed by atoms with Crippen molar-refractivity contribution in [2.75, 3.05) is 0 Å². The highest BCUT2D eigenvalue weighted by Gasteiger charge is 2.46. The van der Waals surface area contributed by atoms with Gasteiger partial charge in [-0.25, -0.2) is 0 Å². The smallest absolute Gasteiger partial charge is 0.248 e. The molecule has 0 amide bonds. The van der Waals surface area contributed by atoms with Gasteiger partial charge in [-0.2, -0.15) is 0 Å². The van der Waals surface area contributed by atoms with Gasteiger partial charge in [0.2, 0.25) is 5.56 Å². The summed E-state index contributed by atoms with van der Waals surface area (Å²) >= 11 is 0. The Kier molecular flexibility index (Phi) is 4.82. The number of aromatic nitrogens is 1. The molecular formula is C28H26N2O. The molecule has 2 atom stereocenters. The Hall–Kier alpha value is -3.46. The minimum Gasteiger partial charge on any atom is -0.326 e. The van der Waals surface area contributed by atoms with E-state index >= 15 is 0 Å². The molecule has 1 heterocycles. The number of hydrogen-bond donors (Lipinski definition) is 1. The molecule has 2 aromatic carbocycles. The third kappa shape index (κ3) is 3.31. The largest absolute Gasteiger partial charge is 0.326 e. The second-order valence-corrected chi connectivity index (χ2v) is 8.53. The zero-order chi connectivity index (χ0) is 21.4. The molecule has 1 aromatic heterocycles. The number of nitrogens with one attached hydrogen (secondary N) is 1. The average Bonchev–Trinajstić information content (AvgIpc) is 2.76. The molecule has 3 aromatic rings. The van der Waals surface area contributed by atoms with Crippen LogP contribution in [0.4, 0.5) is 0 Å². The van der Waals surface area contributed by atoms with Gasteiger partial charge in [0, 0.05) is 35.9 Å². The first kappa shape index (κ1) is 19.5. The molecule has 0 unspecified atom stereocenters. The van der Waals surface area contributed by atoms with Gasteiger partial charge in [0.25, 0.3) is 0 Å². The van der Waals surface area contributed by atoms with Gasteiger partial charge in [0.15, 0.2) is 0 Å². The maximum Gasteiger partial charge on any atom is 0.248 e. The zero-order valence-corrected chi connectivity index (χ0v) is 17.9. The summed E-state index contributed by atoms with van der Waals surface area (Å²) in [6.07, 6.45) is 12.3. The lowest BCUT2D eigenvalue weighted by molar-refractivity contribution is 0.413.